The summed E-state index contributed by atoms with van der Waals surface area (Å²) in [5.41, 5.74) is 1.74. The van der Waals surface area contributed by atoms with E-state index in [1.807, 2.05) is 30.3 Å². The van der Waals surface area contributed by atoms with Gasteiger partial charge in [-0.3, -0.25) is 24.0 Å². The molecule has 0 saturated carbocycles. The normalized spacial score (nSPS) is 11.8. The number of nitro benzene ring substituents is 1. The van der Waals surface area contributed by atoms with Crippen LogP contribution in [0.15, 0.2) is 70.3 Å². The number of nitrogens with zero attached hydrogens (tertiary/aromatic N) is 3. The second-order valence-electron chi connectivity index (χ2n) is 8.32. The van der Waals surface area contributed by atoms with Gasteiger partial charge in [-0.1, -0.05) is 42.5 Å². The lowest BCUT2D eigenvalue weighted by atomic mass is 9.88. The van der Waals surface area contributed by atoms with E-state index in [-0.39, 0.29) is 27.8 Å². The third kappa shape index (κ3) is 6.64. The lowest BCUT2D eigenvalue weighted by Gasteiger charge is -2.18. The third-order valence-corrected chi connectivity index (χ3v) is 5.94. The summed E-state index contributed by atoms with van der Waals surface area (Å²) >= 11 is 0. The van der Waals surface area contributed by atoms with E-state index in [4.69, 9.17) is 0 Å². The lowest BCUT2D eigenvalue weighted by Crippen LogP contribution is -2.38. The topological polar surface area (TPSA) is 111 Å². The summed E-state index contributed by atoms with van der Waals surface area (Å²) < 4.78 is 2.49. The van der Waals surface area contributed by atoms with Crippen LogP contribution in [-0.4, -0.2) is 33.7 Å². The smallest absolute Gasteiger partial charge is 0.332 e. The van der Waals surface area contributed by atoms with Crippen molar-refractivity contribution in [3.63, 3.8) is 0 Å². The summed E-state index contributed by atoms with van der Waals surface area (Å²) in [6.07, 6.45) is 2.76. The fraction of sp³-hybridized carbons (Fsp3) is 0.360. The average Bonchev–Trinajstić information content (AvgIpc) is 2.85. The molecule has 1 unspecified atom stereocenters. The van der Waals surface area contributed by atoms with Crippen molar-refractivity contribution in [2.45, 2.75) is 25.2 Å². The van der Waals surface area contributed by atoms with Crippen molar-refractivity contribution >= 4 is 11.5 Å². The van der Waals surface area contributed by atoms with Gasteiger partial charge in [0.1, 0.15) is 5.82 Å². The molecule has 0 spiro atoms. The highest BCUT2D eigenvalue weighted by Gasteiger charge is 2.14. The zero-order valence-corrected chi connectivity index (χ0v) is 19.6. The Morgan fingerprint density at radius 2 is 1.65 bits per heavy atom. The maximum Gasteiger partial charge on any atom is 0.332 e. The van der Waals surface area contributed by atoms with Crippen molar-refractivity contribution < 1.29 is 4.92 Å². The number of hydrogen-bond donors (Lipinski definition) is 2. The average molecular weight is 466 g/mol. The van der Waals surface area contributed by atoms with E-state index in [1.54, 1.807) is 19.2 Å². The first-order valence-electron chi connectivity index (χ1n) is 11.4. The second kappa shape index (κ2) is 11.9. The number of anilines is 1. The molecule has 0 radical (unpaired) electrons. The quantitative estimate of drug-likeness (QED) is 0.242. The number of non-ortho nitro benzene ring substituents is 1. The monoisotopic (exact) mass is 465 g/mol. The summed E-state index contributed by atoms with van der Waals surface area (Å²) in [5, 5.41) is 17.5. The van der Waals surface area contributed by atoms with Gasteiger partial charge in [0, 0.05) is 45.4 Å². The molecule has 0 aliphatic heterocycles. The minimum atomic E-state index is -0.376. The summed E-state index contributed by atoms with van der Waals surface area (Å²) in [7, 11) is 3.08. The van der Waals surface area contributed by atoms with E-state index in [1.165, 1.54) is 23.2 Å². The molecule has 1 aromatic heterocycles. The molecule has 0 aliphatic rings. The highest BCUT2D eigenvalue weighted by Crippen LogP contribution is 2.27. The van der Waals surface area contributed by atoms with Crippen molar-refractivity contribution in [1.82, 2.24) is 14.5 Å². The minimum Gasteiger partial charge on any atom is -0.370 e. The van der Waals surface area contributed by atoms with E-state index in [0.29, 0.717) is 18.9 Å². The summed E-state index contributed by atoms with van der Waals surface area (Å²) in [6.45, 7) is 2.08. The van der Waals surface area contributed by atoms with E-state index < -0.39 is 0 Å². The van der Waals surface area contributed by atoms with E-state index in [2.05, 4.69) is 22.8 Å². The Hall–Kier alpha value is -3.72. The van der Waals surface area contributed by atoms with Crippen LogP contribution in [0, 0.1) is 10.1 Å². The molecular weight excluding hydrogens is 434 g/mol. The Bertz CT molecular complexity index is 1200. The maximum absolute atomic E-state index is 12.0. The molecule has 2 aromatic carbocycles. The first kappa shape index (κ1) is 24.9. The predicted octanol–water partition coefficient (Wildman–Crippen LogP) is 2.80. The van der Waals surface area contributed by atoms with Gasteiger partial charge in [-0.05, 0) is 42.9 Å². The molecule has 34 heavy (non-hydrogen) atoms. The van der Waals surface area contributed by atoms with Crippen molar-refractivity contribution in [2.24, 2.45) is 14.1 Å². The Morgan fingerprint density at radius 3 is 2.32 bits per heavy atom. The van der Waals surface area contributed by atoms with Crippen LogP contribution in [0.2, 0.25) is 0 Å². The van der Waals surface area contributed by atoms with Crippen molar-refractivity contribution in [1.29, 1.82) is 0 Å². The van der Waals surface area contributed by atoms with E-state index >= 15 is 0 Å². The molecular formula is C25H31N5O4. The Labute approximate surface area is 198 Å². The number of nitro groups is 1. The van der Waals surface area contributed by atoms with E-state index in [9.17, 15) is 19.7 Å². The molecule has 0 saturated heterocycles. The van der Waals surface area contributed by atoms with Gasteiger partial charge in [-0.15, -0.1) is 0 Å². The number of benzene rings is 2. The Balaban J connectivity index is 1.50. The van der Waals surface area contributed by atoms with Crippen LogP contribution < -0.4 is 21.9 Å². The molecule has 1 heterocycles. The molecule has 0 bridgehead atoms. The molecule has 180 valence electrons. The first-order valence-corrected chi connectivity index (χ1v) is 11.4. The highest BCUT2D eigenvalue weighted by atomic mass is 16.6. The van der Waals surface area contributed by atoms with Crippen LogP contribution in [0.25, 0.3) is 0 Å². The van der Waals surface area contributed by atoms with Crippen LogP contribution in [0.3, 0.4) is 0 Å². The van der Waals surface area contributed by atoms with Crippen LogP contribution in [0.4, 0.5) is 11.5 Å². The zero-order valence-electron chi connectivity index (χ0n) is 19.6. The molecule has 0 fully saturated rings. The standard InChI is InChI=1S/C25H31N5O4/c1-28-23(18-24(31)29(2)25(28)32)27-16-15-26-14-6-9-21(17-19-7-4-3-5-8-19)20-10-12-22(13-11-20)30(33)34/h3-5,7-8,10-13,18,21,26-27H,6,9,14-17H2,1-2H3. The molecule has 9 heteroatoms. The lowest BCUT2D eigenvalue weighted by molar-refractivity contribution is -0.384. The van der Waals surface area contributed by atoms with Crippen LogP contribution >= 0.6 is 0 Å². The van der Waals surface area contributed by atoms with Gasteiger partial charge in [0.15, 0.2) is 0 Å². The summed E-state index contributed by atoms with van der Waals surface area (Å²) in [6, 6.07) is 18.5. The third-order valence-electron chi connectivity index (χ3n) is 5.94. The number of rotatable bonds is 12. The van der Waals surface area contributed by atoms with Crippen molar-refractivity contribution in [2.75, 3.05) is 25.0 Å². The van der Waals surface area contributed by atoms with Crippen molar-refractivity contribution in [3.05, 3.63) is 103 Å². The SMILES string of the molecule is Cn1c(NCCNCCCC(Cc2ccccc2)c2ccc([N+](=O)[O-])cc2)cc(=O)n(C)c1=O. The predicted molar refractivity (Wildman–Crippen MR) is 134 cm³/mol. The van der Waals surface area contributed by atoms with Gasteiger partial charge in [0.2, 0.25) is 0 Å². The molecule has 0 aliphatic carbocycles. The highest BCUT2D eigenvalue weighted by molar-refractivity contribution is 5.35. The van der Waals surface area contributed by atoms with E-state index in [0.717, 1.165) is 35.9 Å². The van der Waals surface area contributed by atoms with Crippen LogP contribution in [-0.2, 0) is 20.5 Å². The Kier molecular flexibility index (Phi) is 8.75. The largest absolute Gasteiger partial charge is 0.370 e. The zero-order chi connectivity index (χ0) is 24.5. The van der Waals surface area contributed by atoms with Gasteiger partial charge in [-0.2, -0.15) is 0 Å². The molecule has 9 nitrogen and oxygen atoms in total. The first-order chi connectivity index (χ1) is 16.4. The fourth-order valence-electron chi connectivity index (χ4n) is 3.93. The van der Waals surface area contributed by atoms with Gasteiger partial charge >= 0.3 is 5.69 Å². The van der Waals surface area contributed by atoms with Crippen LogP contribution in [0.1, 0.15) is 29.9 Å². The number of hydrogen-bond acceptors (Lipinski definition) is 6. The van der Waals surface area contributed by atoms with Gasteiger partial charge < -0.3 is 10.6 Å². The minimum absolute atomic E-state index is 0.102. The van der Waals surface area contributed by atoms with Crippen molar-refractivity contribution in [3.8, 4) is 0 Å². The fourth-order valence-corrected chi connectivity index (χ4v) is 3.93. The number of nitrogens with one attached hydrogen (secondary N) is 2. The molecule has 1 atom stereocenters. The maximum atomic E-state index is 12.0. The van der Waals surface area contributed by atoms with Gasteiger partial charge in [0.05, 0.1) is 4.92 Å². The molecule has 0 amide bonds. The number of aromatic nitrogens is 2. The molecule has 3 rings (SSSR count). The van der Waals surface area contributed by atoms with Crippen LogP contribution in [0.5, 0.6) is 0 Å². The Morgan fingerprint density at radius 1 is 0.941 bits per heavy atom. The molecule has 2 N–H and O–H groups in total. The molecule has 3 aromatic rings. The second-order valence-corrected chi connectivity index (χ2v) is 8.32. The summed E-state index contributed by atoms with van der Waals surface area (Å²) in [4.78, 5) is 34.4. The van der Waals surface area contributed by atoms with Gasteiger partial charge in [-0.25, -0.2) is 4.79 Å². The summed E-state index contributed by atoms with van der Waals surface area (Å²) in [5.74, 6) is 0.759. The van der Waals surface area contributed by atoms with Gasteiger partial charge in [0.25, 0.3) is 11.2 Å².